The van der Waals surface area contributed by atoms with Crippen molar-refractivity contribution in [2.75, 3.05) is 6.54 Å². The van der Waals surface area contributed by atoms with Crippen LogP contribution in [0.3, 0.4) is 0 Å². The van der Waals surface area contributed by atoms with Gasteiger partial charge in [0.2, 0.25) is 0 Å². The quantitative estimate of drug-likeness (QED) is 0.805. The van der Waals surface area contributed by atoms with Crippen molar-refractivity contribution in [2.24, 2.45) is 5.41 Å². The fourth-order valence-electron chi connectivity index (χ4n) is 2.26. The summed E-state index contributed by atoms with van der Waals surface area (Å²) >= 11 is 0. The maximum Gasteiger partial charge on any atom is 0.115 e. The van der Waals surface area contributed by atoms with Gasteiger partial charge in [-0.05, 0) is 48.9 Å². The van der Waals surface area contributed by atoms with Crippen molar-refractivity contribution in [1.29, 1.82) is 0 Å². The third-order valence-corrected chi connectivity index (χ3v) is 3.39. The topological polar surface area (TPSA) is 32.3 Å². The van der Waals surface area contributed by atoms with Gasteiger partial charge in [-0.15, -0.1) is 0 Å². The summed E-state index contributed by atoms with van der Waals surface area (Å²) in [5.74, 6) is 0.346. The van der Waals surface area contributed by atoms with Gasteiger partial charge in [-0.25, -0.2) is 0 Å². The van der Waals surface area contributed by atoms with E-state index >= 15 is 0 Å². The van der Waals surface area contributed by atoms with Crippen molar-refractivity contribution in [3.63, 3.8) is 0 Å². The van der Waals surface area contributed by atoms with E-state index in [4.69, 9.17) is 0 Å². The van der Waals surface area contributed by atoms with Crippen LogP contribution >= 0.6 is 0 Å². The second kappa shape index (κ2) is 6.79. The van der Waals surface area contributed by atoms with E-state index < -0.39 is 0 Å². The first kappa shape index (κ1) is 15.0. The highest BCUT2D eigenvalue weighted by atomic mass is 16.3. The van der Waals surface area contributed by atoms with E-state index in [2.05, 4.69) is 33.0 Å². The molecule has 1 rings (SSSR count). The molecule has 1 atom stereocenters. The molecule has 18 heavy (non-hydrogen) atoms. The van der Waals surface area contributed by atoms with Crippen molar-refractivity contribution in [3.8, 4) is 5.75 Å². The summed E-state index contributed by atoms with van der Waals surface area (Å²) in [5, 5.41) is 12.8. The number of hydrogen-bond donors (Lipinski definition) is 2. The average molecular weight is 249 g/mol. The molecule has 0 radical (unpaired) electrons. The first-order valence-corrected chi connectivity index (χ1v) is 6.94. The normalized spacial score (nSPS) is 13.6. The molecule has 102 valence electrons. The zero-order valence-corrected chi connectivity index (χ0v) is 12.2. The zero-order valence-electron chi connectivity index (χ0n) is 12.2. The van der Waals surface area contributed by atoms with Gasteiger partial charge in [0.1, 0.15) is 5.75 Å². The Balaban J connectivity index is 2.41. The molecule has 0 spiro atoms. The van der Waals surface area contributed by atoms with Crippen LogP contribution in [0.15, 0.2) is 24.3 Å². The number of aromatic hydroxyl groups is 1. The molecule has 0 aliphatic carbocycles. The predicted molar refractivity (Wildman–Crippen MR) is 78.0 cm³/mol. The molecule has 0 amide bonds. The molecule has 1 aromatic carbocycles. The minimum Gasteiger partial charge on any atom is -0.508 e. The standard InChI is InChI=1S/C16H27NO/c1-5-17-15(16(2,3)4)8-6-7-13-9-11-14(18)12-10-13/h9-12,15,17-18H,5-8H2,1-4H3. The number of hydrogen-bond acceptors (Lipinski definition) is 2. The van der Waals surface area contributed by atoms with E-state index in [0.717, 1.165) is 13.0 Å². The van der Waals surface area contributed by atoms with Crippen LogP contribution in [0.2, 0.25) is 0 Å². The van der Waals surface area contributed by atoms with E-state index in [1.807, 2.05) is 12.1 Å². The molecular weight excluding hydrogens is 222 g/mol. The van der Waals surface area contributed by atoms with Crippen LogP contribution in [0.1, 0.15) is 46.1 Å². The number of rotatable bonds is 6. The molecule has 0 aliphatic rings. The molecule has 0 heterocycles. The molecule has 0 aliphatic heterocycles. The predicted octanol–water partition coefficient (Wildman–Crippen LogP) is 3.74. The average Bonchev–Trinajstić information content (AvgIpc) is 2.29. The zero-order chi connectivity index (χ0) is 13.6. The molecule has 0 bridgehead atoms. The van der Waals surface area contributed by atoms with Gasteiger partial charge >= 0.3 is 0 Å². The number of phenols is 1. The van der Waals surface area contributed by atoms with Crippen molar-refractivity contribution < 1.29 is 5.11 Å². The Morgan fingerprint density at radius 3 is 2.28 bits per heavy atom. The fraction of sp³-hybridized carbons (Fsp3) is 0.625. The van der Waals surface area contributed by atoms with Crippen LogP contribution in [-0.2, 0) is 6.42 Å². The maximum absolute atomic E-state index is 9.24. The number of phenolic OH excluding ortho intramolecular Hbond substituents is 1. The van der Waals surface area contributed by atoms with E-state index in [1.165, 1.54) is 18.4 Å². The van der Waals surface area contributed by atoms with Crippen molar-refractivity contribution in [1.82, 2.24) is 5.32 Å². The van der Waals surface area contributed by atoms with Crippen LogP contribution in [-0.4, -0.2) is 17.7 Å². The number of aryl methyl sites for hydroxylation is 1. The first-order chi connectivity index (χ1) is 8.43. The second-order valence-electron chi connectivity index (χ2n) is 6.03. The SMILES string of the molecule is CCNC(CCCc1ccc(O)cc1)C(C)(C)C. The summed E-state index contributed by atoms with van der Waals surface area (Å²) in [7, 11) is 0. The molecular formula is C16H27NO. The molecule has 0 saturated heterocycles. The van der Waals surface area contributed by atoms with Gasteiger partial charge in [0.25, 0.3) is 0 Å². The fourth-order valence-corrected chi connectivity index (χ4v) is 2.26. The van der Waals surface area contributed by atoms with Crippen LogP contribution in [0.4, 0.5) is 0 Å². The first-order valence-electron chi connectivity index (χ1n) is 6.94. The van der Waals surface area contributed by atoms with Gasteiger partial charge < -0.3 is 10.4 Å². The highest BCUT2D eigenvalue weighted by molar-refractivity contribution is 5.25. The van der Waals surface area contributed by atoms with Gasteiger partial charge in [-0.3, -0.25) is 0 Å². The van der Waals surface area contributed by atoms with E-state index in [0.29, 0.717) is 17.2 Å². The smallest absolute Gasteiger partial charge is 0.115 e. The molecule has 2 heteroatoms. The molecule has 1 aromatic rings. The minimum atomic E-state index is 0.310. The summed E-state index contributed by atoms with van der Waals surface area (Å²) in [5.41, 5.74) is 1.61. The van der Waals surface area contributed by atoms with Gasteiger partial charge in [0, 0.05) is 6.04 Å². The van der Waals surface area contributed by atoms with Crippen molar-refractivity contribution in [2.45, 2.75) is 53.0 Å². The van der Waals surface area contributed by atoms with Gasteiger partial charge in [-0.1, -0.05) is 39.8 Å². The van der Waals surface area contributed by atoms with E-state index in [1.54, 1.807) is 12.1 Å². The lowest BCUT2D eigenvalue weighted by atomic mass is 9.83. The largest absolute Gasteiger partial charge is 0.508 e. The van der Waals surface area contributed by atoms with Gasteiger partial charge in [0.05, 0.1) is 0 Å². The lowest BCUT2D eigenvalue weighted by Crippen LogP contribution is -2.40. The minimum absolute atomic E-state index is 0.310. The summed E-state index contributed by atoms with van der Waals surface area (Å²) in [4.78, 5) is 0. The summed E-state index contributed by atoms with van der Waals surface area (Å²) in [6.07, 6.45) is 3.45. The summed E-state index contributed by atoms with van der Waals surface area (Å²) in [6.45, 7) is 10.1. The Morgan fingerprint density at radius 2 is 1.78 bits per heavy atom. The third-order valence-electron chi connectivity index (χ3n) is 3.39. The van der Waals surface area contributed by atoms with Gasteiger partial charge in [0.15, 0.2) is 0 Å². The molecule has 0 aromatic heterocycles. The number of nitrogens with one attached hydrogen (secondary N) is 1. The molecule has 2 nitrogen and oxygen atoms in total. The third kappa shape index (κ3) is 5.09. The Labute approximate surface area is 111 Å². The summed E-state index contributed by atoms with van der Waals surface area (Å²) < 4.78 is 0. The highest BCUT2D eigenvalue weighted by Gasteiger charge is 2.22. The van der Waals surface area contributed by atoms with Crippen LogP contribution in [0.25, 0.3) is 0 Å². The van der Waals surface area contributed by atoms with Crippen molar-refractivity contribution in [3.05, 3.63) is 29.8 Å². The Morgan fingerprint density at radius 1 is 1.17 bits per heavy atom. The molecule has 2 N–H and O–H groups in total. The molecule has 1 unspecified atom stereocenters. The summed E-state index contributed by atoms with van der Waals surface area (Å²) in [6, 6.07) is 8.12. The van der Waals surface area contributed by atoms with Crippen molar-refractivity contribution >= 4 is 0 Å². The van der Waals surface area contributed by atoms with Crippen LogP contribution < -0.4 is 5.32 Å². The maximum atomic E-state index is 9.24. The lowest BCUT2D eigenvalue weighted by molar-refractivity contribution is 0.254. The Kier molecular flexibility index (Phi) is 5.67. The Hall–Kier alpha value is -1.02. The Bertz CT molecular complexity index is 337. The van der Waals surface area contributed by atoms with E-state index in [9.17, 15) is 5.11 Å². The van der Waals surface area contributed by atoms with Crippen LogP contribution in [0, 0.1) is 5.41 Å². The van der Waals surface area contributed by atoms with Gasteiger partial charge in [-0.2, -0.15) is 0 Å². The molecule has 0 saturated carbocycles. The van der Waals surface area contributed by atoms with Crippen LogP contribution in [0.5, 0.6) is 5.75 Å². The molecule has 0 fully saturated rings. The lowest BCUT2D eigenvalue weighted by Gasteiger charge is -2.31. The highest BCUT2D eigenvalue weighted by Crippen LogP contribution is 2.23. The van der Waals surface area contributed by atoms with E-state index in [-0.39, 0.29) is 0 Å². The second-order valence-corrected chi connectivity index (χ2v) is 6.03. The number of benzene rings is 1. The monoisotopic (exact) mass is 249 g/mol.